The van der Waals surface area contributed by atoms with Gasteiger partial charge in [-0.2, -0.15) is 0 Å². The summed E-state index contributed by atoms with van der Waals surface area (Å²) < 4.78 is 0. The lowest BCUT2D eigenvalue weighted by molar-refractivity contribution is -0.385. The van der Waals surface area contributed by atoms with E-state index < -0.39 is 4.92 Å². The molecule has 0 aromatic heterocycles. The fourth-order valence-corrected chi connectivity index (χ4v) is 4.26. The normalized spacial score (nSPS) is 31.6. The second kappa shape index (κ2) is 4.75. The molecule has 0 unspecified atom stereocenters. The lowest BCUT2D eigenvalue weighted by Gasteiger charge is -2.38. The van der Waals surface area contributed by atoms with Crippen LogP contribution in [-0.2, 0) is 9.59 Å². The molecule has 2 amide bonds. The molecular weight excluding hydrogens is 296 g/mol. The number of anilines is 1. The van der Waals surface area contributed by atoms with Gasteiger partial charge < -0.3 is 0 Å². The number of rotatable bonds is 2. The number of hydrogen-bond donors (Lipinski definition) is 0. The quantitative estimate of drug-likeness (QED) is 0.364. The standard InChI is InChI=1S/C17H16N2O4/c1-9-2-7-12(8-13(9)19(22)23)18-16(20)14-10-3-4-11(6-5-10)15(14)17(18)21/h2-4,7-8,10-11,14-15H,5-6H2,1H3/t10-,11+,14-,15-/m0/s1. The molecule has 6 heteroatoms. The maximum absolute atomic E-state index is 12.8. The zero-order valence-corrected chi connectivity index (χ0v) is 12.6. The third-order valence-corrected chi connectivity index (χ3v) is 5.41. The molecule has 3 aliphatic carbocycles. The fraction of sp³-hybridized carbons (Fsp3) is 0.412. The monoisotopic (exact) mass is 312 g/mol. The van der Waals surface area contributed by atoms with E-state index in [2.05, 4.69) is 12.2 Å². The number of carbonyl (C=O) groups excluding carboxylic acids is 2. The molecule has 0 N–H and O–H groups in total. The summed E-state index contributed by atoms with van der Waals surface area (Å²) in [5.41, 5.74) is 0.752. The summed E-state index contributed by atoms with van der Waals surface area (Å²) in [5, 5.41) is 11.1. The Morgan fingerprint density at radius 3 is 2.13 bits per heavy atom. The van der Waals surface area contributed by atoms with Crippen LogP contribution in [0.5, 0.6) is 0 Å². The number of nitro groups is 1. The van der Waals surface area contributed by atoms with Gasteiger partial charge in [-0.25, -0.2) is 4.90 Å². The summed E-state index contributed by atoms with van der Waals surface area (Å²) in [5.74, 6) is -0.786. The minimum absolute atomic E-state index is 0.0703. The highest BCUT2D eigenvalue weighted by atomic mass is 16.6. The van der Waals surface area contributed by atoms with Crippen LogP contribution in [-0.4, -0.2) is 16.7 Å². The van der Waals surface area contributed by atoms with E-state index in [1.54, 1.807) is 19.1 Å². The first-order valence-electron chi connectivity index (χ1n) is 7.80. The van der Waals surface area contributed by atoms with E-state index in [4.69, 9.17) is 0 Å². The number of allylic oxidation sites excluding steroid dienone is 2. The fourth-order valence-electron chi connectivity index (χ4n) is 4.26. The van der Waals surface area contributed by atoms with E-state index in [0.29, 0.717) is 11.3 Å². The Kier molecular flexibility index (Phi) is 2.91. The largest absolute Gasteiger partial charge is 0.274 e. The smallest absolute Gasteiger partial charge is 0.274 e. The van der Waals surface area contributed by atoms with Crippen LogP contribution in [0, 0.1) is 40.7 Å². The van der Waals surface area contributed by atoms with E-state index in [1.165, 1.54) is 11.0 Å². The highest BCUT2D eigenvalue weighted by Gasteiger charge is 2.56. The van der Waals surface area contributed by atoms with Gasteiger partial charge in [-0.1, -0.05) is 18.2 Å². The number of fused-ring (bicyclic) bond motifs is 1. The van der Waals surface area contributed by atoms with Crippen molar-refractivity contribution in [2.75, 3.05) is 4.90 Å². The third kappa shape index (κ3) is 1.87. The average Bonchev–Trinajstić information content (AvgIpc) is 2.83. The van der Waals surface area contributed by atoms with Gasteiger partial charge in [0.2, 0.25) is 11.8 Å². The van der Waals surface area contributed by atoms with Crippen LogP contribution in [0.15, 0.2) is 30.4 Å². The van der Waals surface area contributed by atoms with Crippen molar-refractivity contribution in [1.29, 1.82) is 0 Å². The van der Waals surface area contributed by atoms with Crippen molar-refractivity contribution in [1.82, 2.24) is 0 Å². The Morgan fingerprint density at radius 1 is 1.09 bits per heavy atom. The molecule has 118 valence electrons. The number of hydrogen-bond acceptors (Lipinski definition) is 4. The number of amides is 2. The summed E-state index contributed by atoms with van der Waals surface area (Å²) in [6, 6.07) is 4.53. The predicted octanol–water partition coefficient (Wildman–Crippen LogP) is 2.60. The SMILES string of the molecule is Cc1ccc(N2C(=O)[C@@H]3[C@@H](C2=O)[C@H]2C=C[C@@H]3CC2)cc1[N+](=O)[O-]. The van der Waals surface area contributed by atoms with Crippen LogP contribution in [0.25, 0.3) is 0 Å². The first-order valence-corrected chi connectivity index (χ1v) is 7.80. The van der Waals surface area contributed by atoms with Crippen molar-refractivity contribution in [3.8, 4) is 0 Å². The topological polar surface area (TPSA) is 80.5 Å². The second-order valence-corrected chi connectivity index (χ2v) is 6.58. The summed E-state index contributed by atoms with van der Waals surface area (Å²) in [6.07, 6.45) is 5.98. The molecule has 6 nitrogen and oxygen atoms in total. The Bertz CT molecular complexity index is 738. The Labute approximate surface area is 132 Å². The molecule has 4 aliphatic rings. The summed E-state index contributed by atoms with van der Waals surface area (Å²) in [6.45, 7) is 1.64. The summed E-state index contributed by atoms with van der Waals surface area (Å²) in [7, 11) is 0. The molecule has 1 saturated heterocycles. The van der Waals surface area contributed by atoms with Gasteiger partial charge in [-0.05, 0) is 37.7 Å². The number of aryl methyl sites for hydroxylation is 1. The maximum atomic E-state index is 12.8. The molecule has 2 fully saturated rings. The number of imide groups is 1. The molecule has 4 atom stereocenters. The van der Waals surface area contributed by atoms with E-state index in [1.807, 2.05) is 0 Å². The van der Waals surface area contributed by atoms with Crippen LogP contribution in [0.4, 0.5) is 11.4 Å². The minimum atomic E-state index is -0.484. The molecule has 0 radical (unpaired) electrons. The number of nitro benzene ring substituents is 1. The number of carbonyl (C=O) groups is 2. The zero-order valence-electron chi connectivity index (χ0n) is 12.6. The Morgan fingerprint density at radius 2 is 1.65 bits per heavy atom. The first kappa shape index (κ1) is 14.1. The van der Waals surface area contributed by atoms with Crippen molar-refractivity contribution >= 4 is 23.2 Å². The Hall–Kier alpha value is -2.50. The molecule has 1 aromatic carbocycles. The van der Waals surface area contributed by atoms with Gasteiger partial charge in [0.15, 0.2) is 0 Å². The van der Waals surface area contributed by atoms with Crippen molar-refractivity contribution < 1.29 is 14.5 Å². The molecule has 5 rings (SSSR count). The van der Waals surface area contributed by atoms with Crippen LogP contribution in [0.1, 0.15) is 18.4 Å². The third-order valence-electron chi connectivity index (χ3n) is 5.41. The van der Waals surface area contributed by atoms with Crippen molar-refractivity contribution in [2.24, 2.45) is 23.7 Å². The highest BCUT2D eigenvalue weighted by molar-refractivity contribution is 6.22. The van der Waals surface area contributed by atoms with Crippen molar-refractivity contribution in [3.05, 3.63) is 46.0 Å². The van der Waals surface area contributed by atoms with E-state index in [9.17, 15) is 19.7 Å². The average molecular weight is 312 g/mol. The highest BCUT2D eigenvalue weighted by Crippen LogP contribution is 2.50. The van der Waals surface area contributed by atoms with Gasteiger partial charge in [0.05, 0.1) is 22.4 Å². The lowest BCUT2D eigenvalue weighted by Crippen LogP contribution is -2.38. The van der Waals surface area contributed by atoms with Gasteiger partial charge in [0.1, 0.15) is 0 Å². The molecule has 1 heterocycles. The predicted molar refractivity (Wildman–Crippen MR) is 82.7 cm³/mol. The van der Waals surface area contributed by atoms with E-state index in [-0.39, 0.29) is 41.2 Å². The van der Waals surface area contributed by atoms with Gasteiger partial charge in [0, 0.05) is 11.6 Å². The Balaban J connectivity index is 1.76. The van der Waals surface area contributed by atoms with Crippen molar-refractivity contribution in [3.63, 3.8) is 0 Å². The summed E-state index contributed by atoms with van der Waals surface area (Å²) in [4.78, 5) is 37.4. The van der Waals surface area contributed by atoms with Crippen molar-refractivity contribution in [2.45, 2.75) is 19.8 Å². The molecular formula is C17H16N2O4. The van der Waals surface area contributed by atoms with Crippen LogP contribution >= 0.6 is 0 Å². The lowest BCUT2D eigenvalue weighted by atomic mass is 9.63. The van der Waals surface area contributed by atoms with Gasteiger partial charge in [-0.15, -0.1) is 0 Å². The molecule has 1 saturated carbocycles. The van der Waals surface area contributed by atoms with Crippen LogP contribution < -0.4 is 4.90 Å². The summed E-state index contributed by atoms with van der Waals surface area (Å²) >= 11 is 0. The van der Waals surface area contributed by atoms with Gasteiger partial charge in [-0.3, -0.25) is 19.7 Å². The van der Waals surface area contributed by atoms with E-state index >= 15 is 0 Å². The number of benzene rings is 1. The van der Waals surface area contributed by atoms with Crippen LogP contribution in [0.2, 0.25) is 0 Å². The maximum Gasteiger partial charge on any atom is 0.274 e. The zero-order chi connectivity index (χ0) is 16.3. The van der Waals surface area contributed by atoms with E-state index in [0.717, 1.165) is 12.8 Å². The molecule has 23 heavy (non-hydrogen) atoms. The molecule has 2 bridgehead atoms. The van der Waals surface area contributed by atoms with Gasteiger partial charge in [0.25, 0.3) is 5.69 Å². The minimum Gasteiger partial charge on any atom is -0.274 e. The second-order valence-electron chi connectivity index (χ2n) is 6.58. The van der Waals surface area contributed by atoms with Gasteiger partial charge >= 0.3 is 0 Å². The van der Waals surface area contributed by atoms with Crippen LogP contribution in [0.3, 0.4) is 0 Å². The molecule has 1 aromatic rings. The molecule has 1 aliphatic heterocycles. The molecule has 0 spiro atoms. The number of nitrogens with zero attached hydrogens (tertiary/aromatic N) is 2. The first-order chi connectivity index (χ1) is 11.0.